The van der Waals surface area contributed by atoms with Crippen LogP contribution in [0.1, 0.15) is 37.9 Å². The highest BCUT2D eigenvalue weighted by atomic mass is 35.5. The van der Waals surface area contributed by atoms with Gasteiger partial charge in [0.25, 0.3) is 5.91 Å². The summed E-state index contributed by atoms with van der Waals surface area (Å²) < 4.78 is 7.14. The summed E-state index contributed by atoms with van der Waals surface area (Å²) in [7, 11) is 0. The van der Waals surface area contributed by atoms with Crippen molar-refractivity contribution in [3.8, 4) is 5.69 Å². The van der Waals surface area contributed by atoms with Crippen molar-refractivity contribution in [3.05, 3.63) is 107 Å². The number of hydrogen-bond donors (Lipinski definition) is 1. The number of carbonyl (C=O) groups excluding carboxylic acids is 2. The molecule has 3 aromatic carbocycles. The molecule has 1 N–H and O–H groups in total. The molecule has 1 amide bonds. The van der Waals surface area contributed by atoms with Crippen LogP contribution in [0, 0.1) is 0 Å². The fourth-order valence-electron chi connectivity index (χ4n) is 3.73. The minimum absolute atomic E-state index is 0.327. The molecule has 8 heteroatoms. The Kier molecular flexibility index (Phi) is 5.17. The molecule has 0 saturated heterocycles. The molecule has 5 rings (SSSR count). The van der Waals surface area contributed by atoms with Crippen molar-refractivity contribution in [2.75, 3.05) is 5.32 Å². The van der Waals surface area contributed by atoms with E-state index in [2.05, 4.69) is 15.4 Å². The molecule has 7 nitrogen and oxygen atoms in total. The van der Waals surface area contributed by atoms with E-state index in [0.717, 1.165) is 11.1 Å². The second kappa shape index (κ2) is 8.28. The average Bonchev–Trinajstić information content (AvgIpc) is 3.34. The number of benzene rings is 3. The van der Waals surface area contributed by atoms with Crippen molar-refractivity contribution in [2.45, 2.75) is 12.5 Å². The number of amides is 1. The Balaban J connectivity index is 1.43. The topological polar surface area (TPSA) is 86.1 Å². The lowest BCUT2D eigenvalue weighted by molar-refractivity contribution is 0.0252. The summed E-state index contributed by atoms with van der Waals surface area (Å²) in [5, 5.41) is 7.48. The average molecular weight is 445 g/mol. The standard InChI is InChI=1S/C24H17ClN4O3/c25-18-7-9-21(29-14-26-13-27-29)20(12-18)28-23(30)16-6-8-19-17(10-16)11-22(32-24(19)31)15-4-2-1-3-5-15/h1-10,12-14,22H,11H2,(H,28,30)/t22-/m0/s1. The number of carbonyl (C=O) groups is 2. The van der Waals surface area contributed by atoms with Crippen LogP contribution in [0.15, 0.2) is 79.4 Å². The molecule has 0 radical (unpaired) electrons. The van der Waals surface area contributed by atoms with Gasteiger partial charge in [0.05, 0.1) is 16.9 Å². The Morgan fingerprint density at radius 2 is 1.94 bits per heavy atom. The lowest BCUT2D eigenvalue weighted by atomic mass is 9.93. The zero-order chi connectivity index (χ0) is 22.1. The number of nitrogens with one attached hydrogen (secondary N) is 1. The molecule has 1 aliphatic heterocycles. The van der Waals surface area contributed by atoms with Gasteiger partial charge in [0, 0.05) is 17.0 Å². The Hall–Kier alpha value is -3.97. The minimum Gasteiger partial charge on any atom is -0.454 e. The van der Waals surface area contributed by atoms with Gasteiger partial charge in [-0.3, -0.25) is 4.79 Å². The molecule has 4 aromatic rings. The third-order valence-corrected chi connectivity index (χ3v) is 5.52. The van der Waals surface area contributed by atoms with Crippen LogP contribution < -0.4 is 5.32 Å². The molecule has 1 atom stereocenters. The number of anilines is 1. The predicted molar refractivity (Wildman–Crippen MR) is 119 cm³/mol. The van der Waals surface area contributed by atoms with Gasteiger partial charge in [0.2, 0.25) is 0 Å². The van der Waals surface area contributed by atoms with Crippen molar-refractivity contribution < 1.29 is 14.3 Å². The van der Waals surface area contributed by atoms with Crippen LogP contribution in [0.3, 0.4) is 0 Å². The second-order valence-corrected chi connectivity index (χ2v) is 7.77. The first kappa shape index (κ1) is 20.0. The Morgan fingerprint density at radius 3 is 2.72 bits per heavy atom. The number of rotatable bonds is 4. The Labute approximate surface area is 188 Å². The quantitative estimate of drug-likeness (QED) is 0.464. The molecule has 0 bridgehead atoms. The van der Waals surface area contributed by atoms with Gasteiger partial charge < -0.3 is 10.1 Å². The van der Waals surface area contributed by atoms with Crippen LogP contribution in [-0.4, -0.2) is 26.6 Å². The summed E-state index contributed by atoms with van der Waals surface area (Å²) in [6.07, 6.45) is 3.05. The maximum absolute atomic E-state index is 13.1. The largest absolute Gasteiger partial charge is 0.454 e. The SMILES string of the molecule is O=C(Nc1cc(Cl)ccc1-n1cncn1)c1ccc2c(c1)C[C@@H](c1ccccc1)OC2=O. The van der Waals surface area contributed by atoms with Crippen molar-refractivity contribution >= 4 is 29.2 Å². The summed E-state index contributed by atoms with van der Waals surface area (Å²) in [6, 6.07) is 19.6. The van der Waals surface area contributed by atoms with E-state index in [1.165, 1.54) is 12.7 Å². The molecule has 1 aliphatic rings. The maximum atomic E-state index is 13.1. The van der Waals surface area contributed by atoms with Crippen LogP contribution in [0.5, 0.6) is 0 Å². The maximum Gasteiger partial charge on any atom is 0.339 e. The van der Waals surface area contributed by atoms with Crippen LogP contribution in [0.4, 0.5) is 5.69 Å². The van der Waals surface area contributed by atoms with Gasteiger partial charge in [-0.05, 0) is 47.5 Å². The van der Waals surface area contributed by atoms with Crippen molar-refractivity contribution in [3.63, 3.8) is 0 Å². The summed E-state index contributed by atoms with van der Waals surface area (Å²) >= 11 is 6.14. The normalized spacial score (nSPS) is 15.0. The van der Waals surface area contributed by atoms with E-state index in [4.69, 9.17) is 16.3 Å². The van der Waals surface area contributed by atoms with Gasteiger partial charge in [0.15, 0.2) is 0 Å². The van der Waals surface area contributed by atoms with Crippen LogP contribution >= 0.6 is 11.6 Å². The summed E-state index contributed by atoms with van der Waals surface area (Å²) in [4.78, 5) is 29.5. The van der Waals surface area contributed by atoms with Crippen LogP contribution in [-0.2, 0) is 11.2 Å². The predicted octanol–water partition coefficient (Wildman–Crippen LogP) is 4.63. The number of ether oxygens (including phenoxy) is 1. The Morgan fingerprint density at radius 1 is 1.09 bits per heavy atom. The first-order chi connectivity index (χ1) is 15.6. The van der Waals surface area contributed by atoms with Gasteiger partial charge in [-0.25, -0.2) is 14.5 Å². The third-order valence-electron chi connectivity index (χ3n) is 5.29. The van der Waals surface area contributed by atoms with Gasteiger partial charge >= 0.3 is 5.97 Å². The van der Waals surface area contributed by atoms with E-state index in [0.29, 0.717) is 33.9 Å². The molecule has 32 heavy (non-hydrogen) atoms. The number of aromatic nitrogens is 3. The van der Waals surface area contributed by atoms with Crippen molar-refractivity contribution in [1.29, 1.82) is 0 Å². The first-order valence-electron chi connectivity index (χ1n) is 9.93. The number of halogens is 1. The highest BCUT2D eigenvalue weighted by molar-refractivity contribution is 6.31. The third kappa shape index (κ3) is 3.86. The molecule has 1 aromatic heterocycles. The highest BCUT2D eigenvalue weighted by Crippen LogP contribution is 2.31. The Bertz CT molecular complexity index is 1310. The number of cyclic esters (lactones) is 1. The second-order valence-electron chi connectivity index (χ2n) is 7.34. The molecule has 0 spiro atoms. The molecule has 2 heterocycles. The van der Waals surface area contributed by atoms with Crippen molar-refractivity contribution in [1.82, 2.24) is 14.8 Å². The fraction of sp³-hybridized carbons (Fsp3) is 0.0833. The zero-order valence-electron chi connectivity index (χ0n) is 16.7. The zero-order valence-corrected chi connectivity index (χ0v) is 17.5. The summed E-state index contributed by atoms with van der Waals surface area (Å²) in [6.45, 7) is 0. The summed E-state index contributed by atoms with van der Waals surface area (Å²) in [5.41, 5.74) is 3.70. The summed E-state index contributed by atoms with van der Waals surface area (Å²) in [5.74, 6) is -0.720. The monoisotopic (exact) mass is 444 g/mol. The van der Waals surface area contributed by atoms with Crippen molar-refractivity contribution in [2.24, 2.45) is 0 Å². The molecular weight excluding hydrogens is 428 g/mol. The van der Waals surface area contributed by atoms with Gasteiger partial charge in [-0.1, -0.05) is 41.9 Å². The van der Waals surface area contributed by atoms with E-state index in [1.807, 2.05) is 30.3 Å². The van der Waals surface area contributed by atoms with E-state index in [-0.39, 0.29) is 12.0 Å². The number of esters is 1. The first-order valence-corrected chi connectivity index (χ1v) is 10.3. The highest BCUT2D eigenvalue weighted by Gasteiger charge is 2.28. The molecular formula is C24H17ClN4O3. The lowest BCUT2D eigenvalue weighted by Crippen LogP contribution is -2.23. The molecule has 0 saturated carbocycles. The number of nitrogens with zero attached hydrogens (tertiary/aromatic N) is 3. The fourth-order valence-corrected chi connectivity index (χ4v) is 3.90. The number of fused-ring (bicyclic) bond motifs is 1. The minimum atomic E-state index is -0.393. The molecule has 158 valence electrons. The van der Waals surface area contributed by atoms with E-state index < -0.39 is 5.97 Å². The molecule has 0 fully saturated rings. The molecule has 0 aliphatic carbocycles. The smallest absolute Gasteiger partial charge is 0.339 e. The lowest BCUT2D eigenvalue weighted by Gasteiger charge is -2.25. The van der Waals surface area contributed by atoms with E-state index in [1.54, 1.807) is 41.1 Å². The van der Waals surface area contributed by atoms with Crippen LogP contribution in [0.2, 0.25) is 5.02 Å². The van der Waals surface area contributed by atoms with Gasteiger partial charge in [-0.15, -0.1) is 0 Å². The van der Waals surface area contributed by atoms with E-state index in [9.17, 15) is 9.59 Å². The number of hydrogen-bond acceptors (Lipinski definition) is 5. The molecule has 0 unspecified atom stereocenters. The van der Waals surface area contributed by atoms with E-state index >= 15 is 0 Å². The van der Waals surface area contributed by atoms with Gasteiger partial charge in [0.1, 0.15) is 18.8 Å². The van der Waals surface area contributed by atoms with Crippen LogP contribution in [0.25, 0.3) is 5.69 Å². The van der Waals surface area contributed by atoms with Gasteiger partial charge in [-0.2, -0.15) is 5.10 Å².